The van der Waals surface area contributed by atoms with Crippen LogP contribution in [-0.2, 0) is 0 Å². The molecule has 1 saturated heterocycles. The number of rotatable bonds is 6. The third-order valence-electron chi connectivity index (χ3n) is 4.82. The van der Waals surface area contributed by atoms with Crippen molar-refractivity contribution < 1.29 is 0 Å². The lowest BCUT2D eigenvalue weighted by Crippen LogP contribution is -2.58. The molecule has 0 spiro atoms. The van der Waals surface area contributed by atoms with Crippen LogP contribution in [0.2, 0.25) is 0 Å². The van der Waals surface area contributed by atoms with E-state index in [1.165, 1.54) is 51.9 Å². The average molecular weight is 251 g/mol. The van der Waals surface area contributed by atoms with Gasteiger partial charge in [0.15, 0.2) is 0 Å². The van der Waals surface area contributed by atoms with Crippen molar-refractivity contribution in [3.8, 4) is 0 Å². The molecule has 0 aromatic carbocycles. The number of nitrogens with zero attached hydrogens (tertiary/aromatic N) is 2. The van der Waals surface area contributed by atoms with Crippen LogP contribution >= 0.6 is 0 Å². The standard InChI is InChI=1S/C15H29N3/c1-15(2,18-9-7-16-8-10-18)12-17(14-5-6-14)11-13-3-4-13/h13-14,16H,3-12H2,1-2H3. The van der Waals surface area contributed by atoms with Crippen LogP contribution in [0.3, 0.4) is 0 Å². The molecular formula is C15H29N3. The predicted molar refractivity (Wildman–Crippen MR) is 75.8 cm³/mol. The third-order valence-corrected chi connectivity index (χ3v) is 4.82. The van der Waals surface area contributed by atoms with Gasteiger partial charge in [-0.05, 0) is 45.4 Å². The van der Waals surface area contributed by atoms with E-state index in [0.29, 0.717) is 5.54 Å². The zero-order chi connectivity index (χ0) is 12.6. The van der Waals surface area contributed by atoms with E-state index in [1.807, 2.05) is 0 Å². The van der Waals surface area contributed by atoms with Gasteiger partial charge in [-0.15, -0.1) is 0 Å². The summed E-state index contributed by atoms with van der Waals surface area (Å²) in [7, 11) is 0. The highest BCUT2D eigenvalue weighted by Gasteiger charge is 2.38. The summed E-state index contributed by atoms with van der Waals surface area (Å²) in [6.45, 7) is 12.3. The van der Waals surface area contributed by atoms with E-state index in [4.69, 9.17) is 0 Å². The van der Waals surface area contributed by atoms with Gasteiger partial charge >= 0.3 is 0 Å². The van der Waals surface area contributed by atoms with Crippen molar-refractivity contribution >= 4 is 0 Å². The van der Waals surface area contributed by atoms with Gasteiger partial charge in [0.2, 0.25) is 0 Å². The molecule has 0 unspecified atom stereocenters. The van der Waals surface area contributed by atoms with Gasteiger partial charge in [-0.25, -0.2) is 0 Å². The van der Waals surface area contributed by atoms with E-state index in [-0.39, 0.29) is 0 Å². The fraction of sp³-hybridized carbons (Fsp3) is 1.00. The van der Waals surface area contributed by atoms with E-state index in [9.17, 15) is 0 Å². The minimum Gasteiger partial charge on any atom is -0.314 e. The third kappa shape index (κ3) is 3.25. The first-order chi connectivity index (χ1) is 8.65. The van der Waals surface area contributed by atoms with Crippen molar-refractivity contribution in [3.05, 3.63) is 0 Å². The zero-order valence-electron chi connectivity index (χ0n) is 12.1. The molecule has 104 valence electrons. The van der Waals surface area contributed by atoms with Gasteiger partial charge in [-0.1, -0.05) is 0 Å². The molecule has 0 aromatic heterocycles. The van der Waals surface area contributed by atoms with Gasteiger partial charge in [-0.2, -0.15) is 0 Å². The summed E-state index contributed by atoms with van der Waals surface area (Å²) < 4.78 is 0. The molecule has 18 heavy (non-hydrogen) atoms. The van der Waals surface area contributed by atoms with Crippen molar-refractivity contribution in [3.63, 3.8) is 0 Å². The Kier molecular flexibility index (Phi) is 3.65. The molecule has 1 aliphatic heterocycles. The largest absolute Gasteiger partial charge is 0.314 e. The van der Waals surface area contributed by atoms with Gasteiger partial charge in [-0.3, -0.25) is 9.80 Å². The minimum atomic E-state index is 0.347. The molecule has 1 heterocycles. The Labute approximate surface area is 112 Å². The Morgan fingerprint density at radius 2 is 1.78 bits per heavy atom. The SMILES string of the molecule is CC(C)(CN(CC1CC1)C1CC1)N1CCNCC1. The molecule has 3 aliphatic rings. The quantitative estimate of drug-likeness (QED) is 0.772. The van der Waals surface area contributed by atoms with Crippen LogP contribution in [0, 0.1) is 5.92 Å². The number of hydrogen-bond donors (Lipinski definition) is 1. The van der Waals surface area contributed by atoms with Gasteiger partial charge in [0.05, 0.1) is 0 Å². The Bertz CT molecular complexity index is 275. The van der Waals surface area contributed by atoms with Crippen molar-refractivity contribution in [2.75, 3.05) is 39.3 Å². The Morgan fingerprint density at radius 1 is 1.11 bits per heavy atom. The van der Waals surface area contributed by atoms with Crippen molar-refractivity contribution in [2.24, 2.45) is 5.92 Å². The van der Waals surface area contributed by atoms with E-state index in [1.54, 1.807) is 0 Å². The van der Waals surface area contributed by atoms with E-state index in [0.717, 1.165) is 25.0 Å². The molecule has 3 heteroatoms. The molecular weight excluding hydrogens is 222 g/mol. The van der Waals surface area contributed by atoms with Crippen LogP contribution in [0.5, 0.6) is 0 Å². The molecule has 3 nitrogen and oxygen atoms in total. The van der Waals surface area contributed by atoms with Crippen LogP contribution in [0.1, 0.15) is 39.5 Å². The fourth-order valence-corrected chi connectivity index (χ4v) is 3.28. The lowest BCUT2D eigenvalue weighted by molar-refractivity contribution is 0.0585. The number of piperazine rings is 1. The molecule has 0 radical (unpaired) electrons. The van der Waals surface area contributed by atoms with Crippen LogP contribution in [0.15, 0.2) is 0 Å². The van der Waals surface area contributed by atoms with Crippen LogP contribution in [-0.4, -0.2) is 60.6 Å². The van der Waals surface area contributed by atoms with Crippen molar-refractivity contribution in [2.45, 2.75) is 51.1 Å². The molecule has 1 N–H and O–H groups in total. The summed E-state index contributed by atoms with van der Waals surface area (Å²) in [6, 6.07) is 0.924. The van der Waals surface area contributed by atoms with Gasteiger partial charge in [0, 0.05) is 50.8 Å². The summed E-state index contributed by atoms with van der Waals surface area (Å²) in [4.78, 5) is 5.49. The predicted octanol–water partition coefficient (Wildman–Crippen LogP) is 1.54. The molecule has 0 atom stereocenters. The van der Waals surface area contributed by atoms with Crippen LogP contribution < -0.4 is 5.32 Å². The van der Waals surface area contributed by atoms with E-state index >= 15 is 0 Å². The first-order valence-corrected chi connectivity index (χ1v) is 7.85. The second kappa shape index (κ2) is 5.10. The summed E-state index contributed by atoms with van der Waals surface area (Å²) in [5, 5.41) is 3.46. The van der Waals surface area contributed by atoms with E-state index in [2.05, 4.69) is 29.0 Å². The highest BCUT2D eigenvalue weighted by molar-refractivity contribution is 4.94. The highest BCUT2D eigenvalue weighted by Crippen LogP contribution is 2.36. The first kappa shape index (κ1) is 12.9. The molecule has 2 saturated carbocycles. The Hall–Kier alpha value is -0.120. The van der Waals surface area contributed by atoms with Gasteiger partial charge < -0.3 is 5.32 Å². The van der Waals surface area contributed by atoms with Crippen LogP contribution in [0.4, 0.5) is 0 Å². The van der Waals surface area contributed by atoms with Crippen molar-refractivity contribution in [1.82, 2.24) is 15.1 Å². The summed E-state index contributed by atoms with van der Waals surface area (Å²) in [5.41, 5.74) is 0.347. The Morgan fingerprint density at radius 3 is 2.33 bits per heavy atom. The molecule has 0 amide bonds. The molecule has 0 aromatic rings. The second-order valence-electron chi connectivity index (χ2n) is 7.15. The lowest BCUT2D eigenvalue weighted by Gasteiger charge is -2.44. The highest BCUT2D eigenvalue weighted by atomic mass is 15.3. The smallest absolute Gasteiger partial charge is 0.0281 e. The lowest BCUT2D eigenvalue weighted by atomic mass is 10.0. The Balaban J connectivity index is 1.56. The second-order valence-corrected chi connectivity index (χ2v) is 7.15. The number of nitrogens with one attached hydrogen (secondary N) is 1. The topological polar surface area (TPSA) is 18.5 Å². The maximum Gasteiger partial charge on any atom is 0.0281 e. The van der Waals surface area contributed by atoms with Gasteiger partial charge in [0.1, 0.15) is 0 Å². The normalized spacial score (nSPS) is 26.8. The molecule has 3 fully saturated rings. The number of hydrogen-bond acceptors (Lipinski definition) is 3. The molecule has 0 bridgehead atoms. The zero-order valence-corrected chi connectivity index (χ0v) is 12.1. The van der Waals surface area contributed by atoms with Gasteiger partial charge in [0.25, 0.3) is 0 Å². The maximum absolute atomic E-state index is 3.46. The average Bonchev–Trinajstić information content (AvgIpc) is 3.22. The maximum atomic E-state index is 3.46. The van der Waals surface area contributed by atoms with Crippen LogP contribution in [0.25, 0.3) is 0 Å². The minimum absolute atomic E-state index is 0.347. The fourth-order valence-electron chi connectivity index (χ4n) is 3.28. The molecule has 3 rings (SSSR count). The first-order valence-electron chi connectivity index (χ1n) is 7.85. The summed E-state index contributed by atoms with van der Waals surface area (Å²) >= 11 is 0. The summed E-state index contributed by atoms with van der Waals surface area (Å²) in [6.07, 6.45) is 5.86. The van der Waals surface area contributed by atoms with Crippen molar-refractivity contribution in [1.29, 1.82) is 0 Å². The summed E-state index contributed by atoms with van der Waals surface area (Å²) in [5.74, 6) is 1.03. The van der Waals surface area contributed by atoms with E-state index < -0.39 is 0 Å². The molecule has 2 aliphatic carbocycles. The monoisotopic (exact) mass is 251 g/mol.